The highest BCUT2D eigenvalue weighted by molar-refractivity contribution is 6.11. The monoisotopic (exact) mass is 362 g/mol. The maximum atomic E-state index is 12.8. The molecule has 0 saturated heterocycles. The smallest absolute Gasteiger partial charge is 0.274 e. The zero-order chi connectivity index (χ0) is 18.6. The molecule has 27 heavy (non-hydrogen) atoms. The van der Waals surface area contributed by atoms with Gasteiger partial charge in [0.1, 0.15) is 5.69 Å². The third kappa shape index (κ3) is 3.72. The second-order valence-corrected chi connectivity index (χ2v) is 6.72. The lowest BCUT2D eigenvalue weighted by Crippen LogP contribution is -2.15. The van der Waals surface area contributed by atoms with Crippen molar-refractivity contribution in [3.8, 4) is 11.5 Å². The molecular formula is C22H22N2O3. The number of hydrogen-bond donors (Lipinski definition) is 1. The average Bonchev–Trinajstić information content (AvgIpc) is 3.21. The molecule has 138 valence electrons. The Morgan fingerprint density at radius 3 is 2.70 bits per heavy atom. The number of ether oxygens (including phenoxy) is 2. The summed E-state index contributed by atoms with van der Waals surface area (Å²) in [5, 5.41) is 4.74. The summed E-state index contributed by atoms with van der Waals surface area (Å²) in [5.41, 5.74) is 1.06. The van der Waals surface area contributed by atoms with Gasteiger partial charge >= 0.3 is 0 Å². The minimum Gasteiger partial charge on any atom is -0.493 e. The Hall–Kier alpha value is -3.08. The van der Waals surface area contributed by atoms with E-state index in [0.29, 0.717) is 22.9 Å². The summed E-state index contributed by atoms with van der Waals surface area (Å²) in [6.45, 7) is 0. The third-order valence-corrected chi connectivity index (χ3v) is 4.91. The number of anilines is 1. The fourth-order valence-electron chi connectivity index (χ4n) is 3.52. The number of fused-ring (bicyclic) bond motifs is 1. The molecule has 0 radical (unpaired) electrons. The summed E-state index contributed by atoms with van der Waals surface area (Å²) in [4.78, 5) is 17.1. The Bertz CT molecular complexity index is 959. The minimum atomic E-state index is -0.246. The predicted octanol–water partition coefficient (Wildman–Crippen LogP) is 4.82. The summed E-state index contributed by atoms with van der Waals surface area (Å²) < 4.78 is 11.5. The molecule has 3 aromatic rings. The highest BCUT2D eigenvalue weighted by Crippen LogP contribution is 2.34. The molecule has 1 amide bonds. The Morgan fingerprint density at radius 2 is 1.89 bits per heavy atom. The first-order valence-electron chi connectivity index (χ1n) is 9.24. The van der Waals surface area contributed by atoms with E-state index in [0.717, 1.165) is 23.6 Å². The maximum Gasteiger partial charge on any atom is 0.274 e. The number of rotatable bonds is 5. The normalized spacial score (nSPS) is 14.3. The minimum absolute atomic E-state index is 0.213. The molecule has 1 heterocycles. The van der Waals surface area contributed by atoms with E-state index in [1.54, 1.807) is 13.3 Å². The molecule has 1 fully saturated rings. The summed E-state index contributed by atoms with van der Waals surface area (Å²) in [7, 11) is 1.62. The molecule has 0 aliphatic heterocycles. The number of pyridine rings is 1. The van der Waals surface area contributed by atoms with Crippen molar-refractivity contribution in [2.24, 2.45) is 0 Å². The molecule has 2 aromatic carbocycles. The number of amides is 1. The van der Waals surface area contributed by atoms with Crippen molar-refractivity contribution >= 4 is 22.4 Å². The van der Waals surface area contributed by atoms with E-state index >= 15 is 0 Å². The van der Waals surface area contributed by atoms with Gasteiger partial charge in [-0.3, -0.25) is 9.78 Å². The van der Waals surface area contributed by atoms with Gasteiger partial charge in [0, 0.05) is 23.3 Å². The average molecular weight is 362 g/mol. The largest absolute Gasteiger partial charge is 0.493 e. The van der Waals surface area contributed by atoms with Crippen molar-refractivity contribution in [2.75, 3.05) is 12.4 Å². The summed E-state index contributed by atoms with van der Waals surface area (Å²) in [5.74, 6) is 1.08. The van der Waals surface area contributed by atoms with Gasteiger partial charge < -0.3 is 14.8 Å². The summed E-state index contributed by atoms with van der Waals surface area (Å²) >= 11 is 0. The molecule has 1 aliphatic carbocycles. The van der Waals surface area contributed by atoms with Gasteiger partial charge in [0.05, 0.1) is 13.2 Å². The Labute approximate surface area is 158 Å². The van der Waals surface area contributed by atoms with E-state index in [-0.39, 0.29) is 12.0 Å². The molecule has 0 atom stereocenters. The van der Waals surface area contributed by atoms with E-state index in [2.05, 4.69) is 10.3 Å². The highest BCUT2D eigenvalue weighted by Gasteiger charge is 2.19. The molecule has 1 N–H and O–H groups in total. The van der Waals surface area contributed by atoms with Crippen LogP contribution in [0.3, 0.4) is 0 Å². The van der Waals surface area contributed by atoms with Gasteiger partial charge in [0.2, 0.25) is 0 Å². The summed E-state index contributed by atoms with van der Waals surface area (Å²) in [6, 6.07) is 15.1. The standard InChI is InChI=1S/C22H22N2O3/c1-26-19-11-10-16(14-20(19)27-17-7-3-4-8-17)24-22(25)21-18-9-5-2-6-15(18)12-13-23-21/h2,5-6,9-14,17H,3-4,7-8H2,1H3,(H,24,25). The number of hydrogen-bond acceptors (Lipinski definition) is 4. The van der Waals surface area contributed by atoms with Gasteiger partial charge in [0.15, 0.2) is 11.5 Å². The maximum absolute atomic E-state index is 12.8. The van der Waals surface area contributed by atoms with Crippen molar-refractivity contribution in [3.63, 3.8) is 0 Å². The second-order valence-electron chi connectivity index (χ2n) is 6.72. The molecule has 1 saturated carbocycles. The van der Waals surface area contributed by atoms with Crippen molar-refractivity contribution in [3.05, 3.63) is 60.4 Å². The zero-order valence-electron chi connectivity index (χ0n) is 15.3. The third-order valence-electron chi connectivity index (χ3n) is 4.91. The molecular weight excluding hydrogens is 340 g/mol. The molecule has 1 aliphatic rings. The molecule has 1 aromatic heterocycles. The first-order chi connectivity index (χ1) is 13.2. The summed E-state index contributed by atoms with van der Waals surface area (Å²) in [6.07, 6.45) is 6.36. The van der Waals surface area contributed by atoms with Crippen LogP contribution < -0.4 is 14.8 Å². The number of nitrogens with zero attached hydrogens (tertiary/aromatic N) is 1. The van der Waals surface area contributed by atoms with Crippen LogP contribution in [0, 0.1) is 0 Å². The van der Waals surface area contributed by atoms with Gasteiger partial charge in [-0.05, 0) is 49.3 Å². The van der Waals surface area contributed by atoms with E-state index in [1.807, 2.05) is 48.5 Å². The van der Waals surface area contributed by atoms with Crippen LogP contribution in [0.25, 0.3) is 10.8 Å². The number of benzene rings is 2. The first kappa shape index (κ1) is 17.3. The Morgan fingerprint density at radius 1 is 1.07 bits per heavy atom. The molecule has 5 heteroatoms. The predicted molar refractivity (Wildman–Crippen MR) is 106 cm³/mol. The van der Waals surface area contributed by atoms with E-state index < -0.39 is 0 Å². The quantitative estimate of drug-likeness (QED) is 0.707. The van der Waals surface area contributed by atoms with Crippen LogP contribution in [-0.2, 0) is 0 Å². The number of carbonyl (C=O) groups is 1. The van der Waals surface area contributed by atoms with Crippen LogP contribution in [0.1, 0.15) is 36.2 Å². The van der Waals surface area contributed by atoms with Crippen molar-refractivity contribution in [1.82, 2.24) is 4.98 Å². The lowest BCUT2D eigenvalue weighted by Gasteiger charge is -2.17. The topological polar surface area (TPSA) is 60.5 Å². The van der Waals surface area contributed by atoms with Crippen molar-refractivity contribution < 1.29 is 14.3 Å². The number of nitrogens with one attached hydrogen (secondary N) is 1. The second kappa shape index (κ2) is 7.66. The highest BCUT2D eigenvalue weighted by atomic mass is 16.5. The fraction of sp³-hybridized carbons (Fsp3) is 0.273. The fourth-order valence-corrected chi connectivity index (χ4v) is 3.52. The number of methoxy groups -OCH3 is 1. The number of carbonyl (C=O) groups excluding carboxylic acids is 1. The molecule has 0 unspecified atom stereocenters. The van der Waals surface area contributed by atoms with Crippen molar-refractivity contribution in [2.45, 2.75) is 31.8 Å². The van der Waals surface area contributed by atoms with Crippen molar-refractivity contribution in [1.29, 1.82) is 0 Å². The van der Waals surface area contributed by atoms with E-state index in [1.165, 1.54) is 12.8 Å². The first-order valence-corrected chi connectivity index (χ1v) is 9.24. The zero-order valence-corrected chi connectivity index (χ0v) is 15.3. The van der Waals surface area contributed by atoms with Gasteiger partial charge in [-0.2, -0.15) is 0 Å². The van der Waals surface area contributed by atoms with E-state index in [4.69, 9.17) is 9.47 Å². The molecule has 4 rings (SSSR count). The molecule has 0 spiro atoms. The van der Waals surface area contributed by atoms with Gasteiger partial charge in [0.25, 0.3) is 5.91 Å². The van der Waals surface area contributed by atoms with Crippen LogP contribution >= 0.6 is 0 Å². The lowest BCUT2D eigenvalue weighted by atomic mass is 10.1. The van der Waals surface area contributed by atoms with Crippen LogP contribution in [-0.4, -0.2) is 24.1 Å². The van der Waals surface area contributed by atoms with Gasteiger partial charge in [-0.1, -0.05) is 24.3 Å². The van der Waals surface area contributed by atoms with E-state index in [9.17, 15) is 4.79 Å². The lowest BCUT2D eigenvalue weighted by molar-refractivity contribution is 0.102. The van der Waals surface area contributed by atoms with Gasteiger partial charge in [-0.15, -0.1) is 0 Å². The Balaban J connectivity index is 1.58. The number of aromatic nitrogens is 1. The van der Waals surface area contributed by atoms with Crippen LogP contribution in [0.2, 0.25) is 0 Å². The molecule has 0 bridgehead atoms. The van der Waals surface area contributed by atoms with Crippen LogP contribution in [0.15, 0.2) is 54.7 Å². The van der Waals surface area contributed by atoms with Gasteiger partial charge in [-0.25, -0.2) is 0 Å². The molecule has 5 nitrogen and oxygen atoms in total. The SMILES string of the molecule is COc1ccc(NC(=O)c2nccc3ccccc23)cc1OC1CCCC1. The van der Waals surface area contributed by atoms with Crippen LogP contribution in [0.4, 0.5) is 5.69 Å². The van der Waals surface area contributed by atoms with Crippen LogP contribution in [0.5, 0.6) is 11.5 Å². The Kier molecular flexibility index (Phi) is 4.92.